The van der Waals surface area contributed by atoms with E-state index in [1.165, 1.54) is 0 Å². The molecule has 1 aromatic rings. The fraction of sp³-hybridized carbons (Fsp3) is 0.579. The summed E-state index contributed by atoms with van der Waals surface area (Å²) in [5.41, 5.74) is 0.912. The molecule has 4 heteroatoms. The van der Waals surface area contributed by atoms with Crippen LogP contribution in [0.15, 0.2) is 24.3 Å². The number of hydrogen-bond acceptors (Lipinski definition) is 4. The Morgan fingerprint density at radius 1 is 0.870 bits per heavy atom. The first-order valence-electron chi connectivity index (χ1n) is 8.49. The molecule has 0 bridgehead atoms. The lowest BCUT2D eigenvalue weighted by Gasteiger charge is -2.07. The van der Waals surface area contributed by atoms with Gasteiger partial charge in [-0.3, -0.25) is 0 Å². The van der Waals surface area contributed by atoms with Crippen molar-refractivity contribution >= 4 is 11.9 Å². The number of esters is 2. The highest BCUT2D eigenvalue weighted by Gasteiger charge is 2.10. The maximum atomic E-state index is 11.9. The van der Waals surface area contributed by atoms with Gasteiger partial charge in [-0.2, -0.15) is 0 Å². The molecule has 0 atom stereocenters. The summed E-state index contributed by atoms with van der Waals surface area (Å²) in [4.78, 5) is 23.7. The Morgan fingerprint density at radius 3 is 1.78 bits per heavy atom. The van der Waals surface area contributed by atoms with Crippen LogP contribution in [0.25, 0.3) is 0 Å². The SMILES string of the molecule is CCCCCOC(=O)c1ccc(C(=O)OCCCC(C)C)cc1. The van der Waals surface area contributed by atoms with Crippen LogP contribution in [0.3, 0.4) is 0 Å². The van der Waals surface area contributed by atoms with Gasteiger partial charge in [0.2, 0.25) is 0 Å². The normalized spacial score (nSPS) is 10.6. The second-order valence-corrected chi connectivity index (χ2v) is 6.09. The van der Waals surface area contributed by atoms with Crippen LogP contribution < -0.4 is 0 Å². The summed E-state index contributed by atoms with van der Waals surface area (Å²) in [6.45, 7) is 7.25. The second kappa shape index (κ2) is 10.8. The Balaban J connectivity index is 2.39. The third-order valence-corrected chi connectivity index (χ3v) is 3.50. The standard InChI is InChI=1S/C19H28O4/c1-4-5-6-13-22-18(20)16-9-11-17(12-10-16)19(21)23-14-7-8-15(2)3/h9-12,15H,4-8,13-14H2,1-3H3. The highest BCUT2D eigenvalue weighted by molar-refractivity contribution is 5.93. The van der Waals surface area contributed by atoms with E-state index in [-0.39, 0.29) is 11.9 Å². The van der Waals surface area contributed by atoms with Crippen molar-refractivity contribution in [2.24, 2.45) is 5.92 Å². The summed E-state index contributed by atoms with van der Waals surface area (Å²) >= 11 is 0. The number of unbranched alkanes of at least 4 members (excludes halogenated alkanes) is 2. The minimum atomic E-state index is -0.350. The van der Waals surface area contributed by atoms with E-state index in [2.05, 4.69) is 20.8 Å². The quantitative estimate of drug-likeness (QED) is 0.466. The van der Waals surface area contributed by atoms with Gasteiger partial charge in [-0.05, 0) is 49.4 Å². The molecule has 0 amide bonds. The zero-order chi connectivity index (χ0) is 17.1. The summed E-state index contributed by atoms with van der Waals surface area (Å²) in [5.74, 6) is -0.0918. The van der Waals surface area contributed by atoms with Crippen LogP contribution in [0.1, 0.15) is 73.6 Å². The Kier molecular flexibility index (Phi) is 9.03. The predicted molar refractivity (Wildman–Crippen MR) is 90.6 cm³/mol. The maximum absolute atomic E-state index is 11.9. The molecular weight excluding hydrogens is 292 g/mol. The largest absolute Gasteiger partial charge is 0.462 e. The summed E-state index contributed by atoms with van der Waals surface area (Å²) < 4.78 is 10.4. The number of carbonyl (C=O) groups is 2. The molecule has 0 aliphatic carbocycles. The Morgan fingerprint density at radius 2 is 1.35 bits per heavy atom. The third kappa shape index (κ3) is 7.82. The number of ether oxygens (including phenoxy) is 2. The average Bonchev–Trinajstić information content (AvgIpc) is 2.55. The van der Waals surface area contributed by atoms with Crippen LogP contribution in [-0.4, -0.2) is 25.2 Å². The lowest BCUT2D eigenvalue weighted by atomic mass is 10.1. The van der Waals surface area contributed by atoms with Gasteiger partial charge >= 0.3 is 11.9 Å². The van der Waals surface area contributed by atoms with Gasteiger partial charge in [0, 0.05) is 0 Å². The van der Waals surface area contributed by atoms with Gasteiger partial charge in [-0.25, -0.2) is 9.59 Å². The molecular formula is C19H28O4. The number of carbonyl (C=O) groups excluding carboxylic acids is 2. The molecule has 4 nitrogen and oxygen atoms in total. The van der Waals surface area contributed by atoms with Crippen molar-refractivity contribution in [3.05, 3.63) is 35.4 Å². The van der Waals surface area contributed by atoms with Gasteiger partial charge in [-0.15, -0.1) is 0 Å². The molecule has 0 unspecified atom stereocenters. The highest BCUT2D eigenvalue weighted by atomic mass is 16.5. The first kappa shape index (κ1) is 19.2. The van der Waals surface area contributed by atoms with E-state index >= 15 is 0 Å². The summed E-state index contributed by atoms with van der Waals surface area (Å²) in [7, 11) is 0. The first-order chi connectivity index (χ1) is 11.0. The molecule has 0 aliphatic heterocycles. The van der Waals surface area contributed by atoms with Crippen molar-refractivity contribution in [2.75, 3.05) is 13.2 Å². The van der Waals surface area contributed by atoms with Crippen molar-refractivity contribution in [3.63, 3.8) is 0 Å². The van der Waals surface area contributed by atoms with Crippen LogP contribution in [0.4, 0.5) is 0 Å². The molecule has 128 valence electrons. The van der Waals surface area contributed by atoms with E-state index in [0.29, 0.717) is 30.3 Å². The van der Waals surface area contributed by atoms with E-state index in [9.17, 15) is 9.59 Å². The lowest BCUT2D eigenvalue weighted by molar-refractivity contribution is 0.0482. The van der Waals surface area contributed by atoms with Gasteiger partial charge in [0.25, 0.3) is 0 Å². The van der Waals surface area contributed by atoms with Crippen LogP contribution in [0.5, 0.6) is 0 Å². The molecule has 0 aromatic heterocycles. The van der Waals surface area contributed by atoms with Crippen molar-refractivity contribution in [1.29, 1.82) is 0 Å². The molecule has 1 aromatic carbocycles. The molecule has 0 fully saturated rings. The van der Waals surface area contributed by atoms with Crippen molar-refractivity contribution in [2.45, 2.75) is 52.9 Å². The zero-order valence-corrected chi connectivity index (χ0v) is 14.5. The third-order valence-electron chi connectivity index (χ3n) is 3.50. The average molecular weight is 320 g/mol. The fourth-order valence-corrected chi connectivity index (χ4v) is 2.08. The molecule has 0 N–H and O–H groups in total. The van der Waals surface area contributed by atoms with E-state index < -0.39 is 0 Å². The molecule has 0 heterocycles. The van der Waals surface area contributed by atoms with E-state index in [1.54, 1.807) is 24.3 Å². The van der Waals surface area contributed by atoms with Gasteiger partial charge in [0.05, 0.1) is 24.3 Å². The van der Waals surface area contributed by atoms with Gasteiger partial charge in [0.15, 0.2) is 0 Å². The molecule has 0 saturated heterocycles. The Bertz CT molecular complexity index is 477. The second-order valence-electron chi connectivity index (χ2n) is 6.09. The first-order valence-corrected chi connectivity index (χ1v) is 8.49. The van der Waals surface area contributed by atoms with Crippen LogP contribution in [0, 0.1) is 5.92 Å². The molecule has 0 aliphatic rings. The zero-order valence-electron chi connectivity index (χ0n) is 14.5. The number of hydrogen-bond donors (Lipinski definition) is 0. The van der Waals surface area contributed by atoms with Crippen LogP contribution >= 0.6 is 0 Å². The van der Waals surface area contributed by atoms with E-state index in [0.717, 1.165) is 32.1 Å². The Labute approximate surface area is 139 Å². The highest BCUT2D eigenvalue weighted by Crippen LogP contribution is 2.09. The molecule has 0 saturated carbocycles. The van der Waals surface area contributed by atoms with Crippen LogP contribution in [0.2, 0.25) is 0 Å². The summed E-state index contributed by atoms with van der Waals surface area (Å²) in [6, 6.07) is 6.42. The van der Waals surface area contributed by atoms with Gasteiger partial charge in [-0.1, -0.05) is 33.6 Å². The number of benzene rings is 1. The molecule has 23 heavy (non-hydrogen) atoms. The molecule has 0 spiro atoms. The van der Waals surface area contributed by atoms with Gasteiger partial charge in [0.1, 0.15) is 0 Å². The lowest BCUT2D eigenvalue weighted by Crippen LogP contribution is -2.09. The Hall–Kier alpha value is -1.84. The summed E-state index contributed by atoms with van der Waals surface area (Å²) in [6.07, 6.45) is 4.92. The van der Waals surface area contributed by atoms with E-state index in [4.69, 9.17) is 9.47 Å². The monoisotopic (exact) mass is 320 g/mol. The smallest absolute Gasteiger partial charge is 0.338 e. The van der Waals surface area contributed by atoms with Crippen molar-refractivity contribution < 1.29 is 19.1 Å². The van der Waals surface area contributed by atoms with Gasteiger partial charge < -0.3 is 9.47 Å². The minimum absolute atomic E-state index is 0.349. The summed E-state index contributed by atoms with van der Waals surface area (Å²) in [5, 5.41) is 0. The van der Waals surface area contributed by atoms with Crippen molar-refractivity contribution in [1.82, 2.24) is 0 Å². The topological polar surface area (TPSA) is 52.6 Å². The molecule has 0 radical (unpaired) electrons. The van der Waals surface area contributed by atoms with E-state index in [1.807, 2.05) is 0 Å². The molecule has 1 rings (SSSR count). The predicted octanol–water partition coefficient (Wildman–Crippen LogP) is 4.63. The van der Waals surface area contributed by atoms with Crippen molar-refractivity contribution in [3.8, 4) is 0 Å². The maximum Gasteiger partial charge on any atom is 0.338 e. The fourth-order valence-electron chi connectivity index (χ4n) is 2.08. The van der Waals surface area contributed by atoms with Crippen LogP contribution in [-0.2, 0) is 9.47 Å². The number of rotatable bonds is 10. The minimum Gasteiger partial charge on any atom is -0.462 e.